The van der Waals surface area contributed by atoms with Crippen LogP contribution in [-0.4, -0.2) is 27.8 Å². The number of aromatic amines is 1. The summed E-state index contributed by atoms with van der Waals surface area (Å²) in [7, 11) is 0. The van der Waals surface area contributed by atoms with Crippen molar-refractivity contribution in [1.29, 1.82) is 0 Å². The zero-order valence-electron chi connectivity index (χ0n) is 13.3. The molecule has 0 atom stereocenters. The van der Waals surface area contributed by atoms with E-state index in [1.807, 2.05) is 0 Å². The lowest BCUT2D eigenvalue weighted by Crippen LogP contribution is -2.33. The van der Waals surface area contributed by atoms with Crippen LogP contribution >= 0.6 is 0 Å². The van der Waals surface area contributed by atoms with Crippen molar-refractivity contribution in [2.45, 2.75) is 6.92 Å². The highest BCUT2D eigenvalue weighted by Gasteiger charge is 2.39. The molecule has 2 heterocycles. The molecule has 1 aliphatic rings. The number of nitrogens with one attached hydrogen (secondary N) is 1. The van der Waals surface area contributed by atoms with Gasteiger partial charge < -0.3 is 9.82 Å². The molecule has 0 bridgehead atoms. The molecule has 0 fully saturated rings. The van der Waals surface area contributed by atoms with Gasteiger partial charge in [0.1, 0.15) is 17.3 Å². The van der Waals surface area contributed by atoms with Gasteiger partial charge in [0.05, 0.1) is 16.6 Å². The van der Waals surface area contributed by atoms with Crippen molar-refractivity contribution in [1.82, 2.24) is 10.0 Å². The van der Waals surface area contributed by atoms with Crippen LogP contribution in [-0.2, 0) is 4.84 Å². The van der Waals surface area contributed by atoms with E-state index in [0.29, 0.717) is 11.1 Å². The molecule has 1 N–H and O–H groups in total. The number of carbonyl (C=O) groups excluding carboxylic acids is 3. The molecule has 1 aromatic heterocycles. The van der Waals surface area contributed by atoms with Crippen LogP contribution in [0.3, 0.4) is 0 Å². The Morgan fingerprint density at radius 2 is 1.69 bits per heavy atom. The summed E-state index contributed by atoms with van der Waals surface area (Å²) in [5.41, 5.74) is 0.299. The number of imide groups is 1. The number of hydroxylamine groups is 2. The molecule has 4 rings (SSSR count). The molecule has 0 spiro atoms. The van der Waals surface area contributed by atoms with Crippen LogP contribution in [0.5, 0.6) is 0 Å². The molecule has 26 heavy (non-hydrogen) atoms. The highest BCUT2D eigenvalue weighted by Crippen LogP contribution is 2.28. The highest BCUT2D eigenvalue weighted by atomic mass is 19.1. The molecule has 130 valence electrons. The quantitative estimate of drug-likeness (QED) is 0.716. The van der Waals surface area contributed by atoms with Crippen LogP contribution in [0.1, 0.15) is 36.8 Å². The van der Waals surface area contributed by atoms with E-state index in [1.165, 1.54) is 19.1 Å². The minimum Gasteiger partial charge on any atom is -0.349 e. The first-order valence-corrected chi connectivity index (χ1v) is 7.56. The van der Waals surface area contributed by atoms with Gasteiger partial charge >= 0.3 is 5.97 Å². The van der Waals surface area contributed by atoms with Crippen molar-refractivity contribution in [3.8, 4) is 0 Å². The number of fused-ring (bicyclic) bond motifs is 2. The Morgan fingerprint density at radius 3 is 2.31 bits per heavy atom. The number of aryl methyl sites for hydroxylation is 1. The Hall–Kier alpha value is -3.55. The second kappa shape index (κ2) is 5.48. The first-order valence-electron chi connectivity index (χ1n) is 7.56. The first-order chi connectivity index (χ1) is 12.4. The average Bonchev–Trinajstić information content (AvgIpc) is 3.05. The number of rotatable bonds is 2. The lowest BCUT2D eigenvalue weighted by Gasteiger charge is -2.12. The third kappa shape index (κ3) is 2.19. The molecular formula is C18H10F2N2O4. The van der Waals surface area contributed by atoms with Gasteiger partial charge in [0.15, 0.2) is 0 Å². The van der Waals surface area contributed by atoms with E-state index in [2.05, 4.69) is 4.98 Å². The topological polar surface area (TPSA) is 79.5 Å². The maximum absolute atomic E-state index is 14.0. The van der Waals surface area contributed by atoms with Crippen molar-refractivity contribution in [3.63, 3.8) is 0 Å². The summed E-state index contributed by atoms with van der Waals surface area (Å²) in [6.07, 6.45) is 0. The molecule has 0 saturated carbocycles. The second-order valence-corrected chi connectivity index (χ2v) is 5.76. The van der Waals surface area contributed by atoms with Crippen molar-refractivity contribution in [3.05, 3.63) is 70.4 Å². The van der Waals surface area contributed by atoms with Crippen molar-refractivity contribution >= 4 is 28.7 Å². The first kappa shape index (κ1) is 15.9. The van der Waals surface area contributed by atoms with E-state index in [9.17, 15) is 23.2 Å². The molecule has 6 nitrogen and oxygen atoms in total. The Bertz CT molecular complexity index is 1080. The van der Waals surface area contributed by atoms with Crippen molar-refractivity contribution in [2.24, 2.45) is 0 Å². The van der Waals surface area contributed by atoms with E-state index >= 15 is 0 Å². The summed E-state index contributed by atoms with van der Waals surface area (Å²) in [6.45, 7) is 1.44. The summed E-state index contributed by atoms with van der Waals surface area (Å²) in [5, 5.41) is 0.384. The van der Waals surface area contributed by atoms with Gasteiger partial charge in [-0.15, -0.1) is 0 Å². The number of H-pyrrole nitrogens is 1. The van der Waals surface area contributed by atoms with Crippen LogP contribution in [0.25, 0.3) is 10.9 Å². The lowest BCUT2D eigenvalue weighted by molar-refractivity contribution is -0.0588. The number of aromatic nitrogens is 1. The SMILES string of the molecule is Cc1c(C(=O)ON2C(=O)c3ccccc3C2=O)[nH]c2cc(F)cc(F)c12. The van der Waals surface area contributed by atoms with Crippen molar-refractivity contribution < 1.29 is 28.0 Å². The number of halogens is 2. The van der Waals surface area contributed by atoms with E-state index < -0.39 is 29.4 Å². The molecule has 0 aliphatic carbocycles. The standard InChI is InChI=1S/C18H10F2N2O4/c1-8-14-12(20)6-9(19)7-13(14)21-15(8)18(25)26-22-16(23)10-4-2-3-5-11(10)17(22)24/h2-7,21H,1H3. The molecule has 0 radical (unpaired) electrons. The minimum atomic E-state index is -1.06. The third-order valence-corrected chi connectivity index (χ3v) is 4.20. The van der Waals surface area contributed by atoms with Gasteiger partial charge in [-0.3, -0.25) is 9.59 Å². The van der Waals surface area contributed by atoms with Crippen LogP contribution in [0.15, 0.2) is 36.4 Å². The summed E-state index contributed by atoms with van der Waals surface area (Å²) >= 11 is 0. The summed E-state index contributed by atoms with van der Waals surface area (Å²) < 4.78 is 27.3. The average molecular weight is 356 g/mol. The van der Waals surface area contributed by atoms with Crippen LogP contribution in [0.2, 0.25) is 0 Å². The summed E-state index contributed by atoms with van der Waals surface area (Å²) in [6, 6.07) is 7.77. The Kier molecular flexibility index (Phi) is 3.36. The molecule has 0 saturated heterocycles. The Morgan fingerprint density at radius 1 is 1.08 bits per heavy atom. The van der Waals surface area contributed by atoms with Crippen molar-refractivity contribution in [2.75, 3.05) is 0 Å². The van der Waals surface area contributed by atoms with Gasteiger partial charge in [-0.1, -0.05) is 17.2 Å². The molecular weight excluding hydrogens is 346 g/mol. The van der Waals surface area contributed by atoms with Gasteiger partial charge in [-0.25, -0.2) is 13.6 Å². The fourth-order valence-electron chi connectivity index (χ4n) is 2.99. The second-order valence-electron chi connectivity index (χ2n) is 5.76. The van der Waals surface area contributed by atoms with Gasteiger partial charge in [0.25, 0.3) is 11.8 Å². The van der Waals surface area contributed by atoms with Gasteiger partial charge in [-0.05, 0) is 30.7 Å². The summed E-state index contributed by atoms with van der Waals surface area (Å²) in [4.78, 5) is 44.4. The van der Waals surface area contributed by atoms with Gasteiger partial charge in [-0.2, -0.15) is 0 Å². The smallest absolute Gasteiger partial charge is 0.349 e. The number of carbonyl (C=O) groups is 3. The summed E-state index contributed by atoms with van der Waals surface area (Å²) in [5.74, 6) is -4.26. The predicted octanol–water partition coefficient (Wildman–Crippen LogP) is 3.12. The normalized spacial score (nSPS) is 13.4. The van der Waals surface area contributed by atoms with E-state index in [-0.39, 0.29) is 33.3 Å². The molecule has 8 heteroatoms. The highest BCUT2D eigenvalue weighted by molar-refractivity contribution is 6.21. The Balaban J connectivity index is 1.69. The van der Waals surface area contributed by atoms with Crippen LogP contribution in [0, 0.1) is 18.6 Å². The molecule has 0 unspecified atom stereocenters. The third-order valence-electron chi connectivity index (χ3n) is 4.20. The fourth-order valence-corrected chi connectivity index (χ4v) is 2.99. The van der Waals surface area contributed by atoms with Gasteiger partial charge in [0.2, 0.25) is 0 Å². The number of nitrogens with zero attached hydrogens (tertiary/aromatic N) is 1. The zero-order valence-corrected chi connectivity index (χ0v) is 13.3. The molecule has 1 aliphatic heterocycles. The lowest BCUT2D eigenvalue weighted by atomic mass is 10.1. The fraction of sp³-hybridized carbons (Fsp3) is 0.0556. The number of hydrogen-bond acceptors (Lipinski definition) is 4. The number of amides is 2. The van der Waals surface area contributed by atoms with E-state index in [4.69, 9.17) is 4.84 Å². The van der Waals surface area contributed by atoms with Crippen LogP contribution in [0.4, 0.5) is 8.78 Å². The number of hydrogen-bond donors (Lipinski definition) is 1. The van der Waals surface area contributed by atoms with E-state index in [0.717, 1.165) is 6.07 Å². The maximum Gasteiger partial charge on any atom is 0.380 e. The monoisotopic (exact) mass is 356 g/mol. The van der Waals surface area contributed by atoms with Gasteiger partial charge in [0, 0.05) is 11.5 Å². The Labute approximate surface area is 144 Å². The molecule has 2 amide bonds. The molecule has 2 aromatic carbocycles. The maximum atomic E-state index is 14.0. The molecule has 3 aromatic rings. The zero-order chi connectivity index (χ0) is 18.6. The van der Waals surface area contributed by atoms with E-state index in [1.54, 1.807) is 12.1 Å². The predicted molar refractivity (Wildman–Crippen MR) is 85.3 cm³/mol. The van der Waals surface area contributed by atoms with Crippen LogP contribution < -0.4 is 0 Å². The largest absolute Gasteiger partial charge is 0.380 e. The number of benzene rings is 2. The minimum absolute atomic E-state index is 0.0284.